The number of hydrogen-bond donors (Lipinski definition) is 1. The van der Waals surface area contributed by atoms with Crippen LogP contribution in [0.1, 0.15) is 16.3 Å². The normalized spacial score (nSPS) is 10.9. The van der Waals surface area contributed by atoms with Gasteiger partial charge in [-0.25, -0.2) is 4.79 Å². The number of hydrogen-bond acceptors (Lipinski definition) is 6. The number of aromatic carboxylic acids is 1. The zero-order chi connectivity index (χ0) is 17.9. The van der Waals surface area contributed by atoms with Crippen LogP contribution in [-0.2, 0) is 5.75 Å². The van der Waals surface area contributed by atoms with E-state index in [-0.39, 0.29) is 5.76 Å². The number of benzene rings is 1. The number of nitrogens with zero attached hydrogens (tertiary/aromatic N) is 3. The van der Waals surface area contributed by atoms with Gasteiger partial charge in [0, 0.05) is 5.69 Å². The van der Waals surface area contributed by atoms with E-state index >= 15 is 0 Å². The number of aromatic nitrogens is 3. The first kappa shape index (κ1) is 16.6. The molecule has 26 heavy (non-hydrogen) atoms. The van der Waals surface area contributed by atoms with E-state index in [9.17, 15) is 4.79 Å². The van der Waals surface area contributed by atoms with E-state index in [0.29, 0.717) is 16.7 Å². The van der Waals surface area contributed by atoms with Gasteiger partial charge in [0.2, 0.25) is 5.76 Å². The molecule has 6 nitrogen and oxygen atoms in total. The Balaban J connectivity index is 1.66. The van der Waals surface area contributed by atoms with E-state index in [4.69, 9.17) is 9.52 Å². The van der Waals surface area contributed by atoms with Gasteiger partial charge in [0.15, 0.2) is 11.0 Å². The zero-order valence-corrected chi connectivity index (χ0v) is 15.0. The molecule has 0 amide bonds. The highest BCUT2D eigenvalue weighted by molar-refractivity contribution is 7.98. The van der Waals surface area contributed by atoms with Crippen molar-refractivity contribution in [1.82, 2.24) is 14.8 Å². The number of carboxylic acid groups (broad SMARTS) is 1. The van der Waals surface area contributed by atoms with E-state index in [2.05, 4.69) is 10.2 Å². The number of furan rings is 1. The number of carbonyl (C=O) groups is 1. The monoisotopic (exact) mass is 383 g/mol. The SMILES string of the molecule is O=C(O)c1ccc(CSc2nnc(-c3cccs3)n2-c2ccccc2)o1. The summed E-state index contributed by atoms with van der Waals surface area (Å²) in [7, 11) is 0. The van der Waals surface area contributed by atoms with Crippen molar-refractivity contribution in [2.24, 2.45) is 0 Å². The van der Waals surface area contributed by atoms with Crippen molar-refractivity contribution in [2.75, 3.05) is 0 Å². The maximum absolute atomic E-state index is 10.9. The number of carboxylic acids is 1. The number of thiophene rings is 1. The van der Waals surface area contributed by atoms with Crippen LogP contribution < -0.4 is 0 Å². The molecule has 0 radical (unpaired) electrons. The first-order chi connectivity index (χ1) is 12.7. The maximum atomic E-state index is 10.9. The molecule has 0 atom stereocenters. The fourth-order valence-electron chi connectivity index (χ4n) is 2.44. The molecule has 4 rings (SSSR count). The largest absolute Gasteiger partial charge is 0.475 e. The van der Waals surface area contributed by atoms with Gasteiger partial charge >= 0.3 is 5.97 Å². The predicted octanol–water partition coefficient (Wildman–Crippen LogP) is 4.58. The summed E-state index contributed by atoms with van der Waals surface area (Å²) in [6.45, 7) is 0. The van der Waals surface area contributed by atoms with Crippen molar-refractivity contribution in [3.63, 3.8) is 0 Å². The van der Waals surface area contributed by atoms with Crippen molar-refractivity contribution in [3.05, 3.63) is 71.5 Å². The Morgan fingerprint density at radius 2 is 1.96 bits per heavy atom. The van der Waals surface area contributed by atoms with E-state index in [0.717, 1.165) is 16.4 Å². The highest BCUT2D eigenvalue weighted by Crippen LogP contribution is 2.31. The third-order valence-corrected chi connectivity index (χ3v) is 5.42. The summed E-state index contributed by atoms with van der Waals surface area (Å²) >= 11 is 3.05. The highest BCUT2D eigenvalue weighted by Gasteiger charge is 2.17. The highest BCUT2D eigenvalue weighted by atomic mass is 32.2. The van der Waals surface area contributed by atoms with Crippen molar-refractivity contribution >= 4 is 29.1 Å². The van der Waals surface area contributed by atoms with Crippen LogP contribution in [0.4, 0.5) is 0 Å². The van der Waals surface area contributed by atoms with Gasteiger partial charge in [0.25, 0.3) is 0 Å². The molecule has 4 aromatic rings. The summed E-state index contributed by atoms with van der Waals surface area (Å²) in [5.74, 6) is 0.674. The molecule has 0 saturated carbocycles. The van der Waals surface area contributed by atoms with Crippen LogP contribution in [0.5, 0.6) is 0 Å². The van der Waals surface area contributed by atoms with Crippen LogP contribution in [-0.4, -0.2) is 25.8 Å². The lowest BCUT2D eigenvalue weighted by Crippen LogP contribution is -1.98. The average Bonchev–Trinajstić information content (AvgIpc) is 3.39. The number of rotatable bonds is 6. The van der Waals surface area contributed by atoms with Gasteiger partial charge in [-0.1, -0.05) is 36.0 Å². The minimum absolute atomic E-state index is 0.0654. The van der Waals surface area contributed by atoms with E-state index in [1.807, 2.05) is 52.4 Å². The van der Waals surface area contributed by atoms with Crippen molar-refractivity contribution in [3.8, 4) is 16.4 Å². The zero-order valence-electron chi connectivity index (χ0n) is 13.4. The molecule has 0 saturated heterocycles. The van der Waals surface area contributed by atoms with Gasteiger partial charge < -0.3 is 9.52 Å². The average molecular weight is 383 g/mol. The van der Waals surface area contributed by atoms with Gasteiger partial charge in [-0.2, -0.15) is 0 Å². The molecule has 1 N–H and O–H groups in total. The number of para-hydroxylation sites is 1. The fourth-order valence-corrected chi connectivity index (χ4v) is 3.99. The second-order valence-electron chi connectivity index (χ2n) is 5.31. The Labute approximate surface area is 157 Å². The van der Waals surface area contributed by atoms with Crippen LogP contribution in [0.25, 0.3) is 16.4 Å². The molecule has 0 aliphatic carbocycles. The van der Waals surface area contributed by atoms with Gasteiger partial charge in [-0.15, -0.1) is 21.5 Å². The second-order valence-corrected chi connectivity index (χ2v) is 7.20. The Hall–Kier alpha value is -2.84. The summed E-state index contributed by atoms with van der Waals surface area (Å²) in [5, 5.41) is 20.4. The Kier molecular flexibility index (Phi) is 4.59. The lowest BCUT2D eigenvalue weighted by Gasteiger charge is -2.08. The quantitative estimate of drug-likeness (QED) is 0.491. The molecule has 3 aromatic heterocycles. The molecule has 0 spiro atoms. The number of thioether (sulfide) groups is 1. The second kappa shape index (κ2) is 7.19. The molecule has 1 aromatic carbocycles. The third-order valence-electron chi connectivity index (χ3n) is 3.61. The summed E-state index contributed by atoms with van der Waals surface area (Å²) < 4.78 is 7.31. The smallest absolute Gasteiger partial charge is 0.371 e. The van der Waals surface area contributed by atoms with Gasteiger partial charge in [0.1, 0.15) is 5.76 Å². The Morgan fingerprint density at radius 1 is 1.12 bits per heavy atom. The van der Waals surface area contributed by atoms with Crippen LogP contribution in [0.15, 0.2) is 69.6 Å². The lowest BCUT2D eigenvalue weighted by molar-refractivity contribution is 0.0661. The molecule has 130 valence electrons. The Bertz CT molecular complexity index is 1020. The van der Waals surface area contributed by atoms with Crippen LogP contribution in [0.3, 0.4) is 0 Å². The first-order valence-electron chi connectivity index (χ1n) is 7.72. The third kappa shape index (κ3) is 3.29. The van der Waals surface area contributed by atoms with Crippen LogP contribution >= 0.6 is 23.1 Å². The van der Waals surface area contributed by atoms with Crippen LogP contribution in [0.2, 0.25) is 0 Å². The minimum Gasteiger partial charge on any atom is -0.475 e. The predicted molar refractivity (Wildman–Crippen MR) is 99.9 cm³/mol. The molecule has 0 fully saturated rings. The van der Waals surface area contributed by atoms with Crippen molar-refractivity contribution in [1.29, 1.82) is 0 Å². The molecular formula is C18H13N3O3S2. The summed E-state index contributed by atoms with van der Waals surface area (Å²) in [4.78, 5) is 12.0. The summed E-state index contributed by atoms with van der Waals surface area (Å²) in [6, 6.07) is 17.0. The maximum Gasteiger partial charge on any atom is 0.371 e. The summed E-state index contributed by atoms with van der Waals surface area (Å²) in [6.07, 6.45) is 0. The molecule has 0 aliphatic rings. The Morgan fingerprint density at radius 3 is 2.65 bits per heavy atom. The van der Waals surface area contributed by atoms with Crippen molar-refractivity contribution in [2.45, 2.75) is 10.9 Å². The molecule has 0 bridgehead atoms. The molecule has 3 heterocycles. The van der Waals surface area contributed by atoms with Gasteiger partial charge in [0.05, 0.1) is 10.6 Å². The van der Waals surface area contributed by atoms with Crippen molar-refractivity contribution < 1.29 is 14.3 Å². The van der Waals surface area contributed by atoms with E-state index in [1.165, 1.54) is 17.8 Å². The van der Waals surface area contributed by atoms with E-state index < -0.39 is 5.97 Å². The van der Waals surface area contributed by atoms with Crippen LogP contribution in [0, 0.1) is 0 Å². The molecular weight excluding hydrogens is 370 g/mol. The lowest BCUT2D eigenvalue weighted by atomic mass is 10.3. The molecule has 0 unspecified atom stereocenters. The van der Waals surface area contributed by atoms with E-state index in [1.54, 1.807) is 17.4 Å². The summed E-state index contributed by atoms with van der Waals surface area (Å²) in [5.41, 5.74) is 0.967. The molecule has 8 heteroatoms. The van der Waals surface area contributed by atoms with Gasteiger partial charge in [-0.3, -0.25) is 4.57 Å². The standard InChI is InChI=1S/C18H13N3O3S2/c22-17(23)14-9-8-13(24-14)11-26-18-20-19-16(15-7-4-10-25-15)21(18)12-5-2-1-3-6-12/h1-10H,11H2,(H,22,23). The first-order valence-corrected chi connectivity index (χ1v) is 9.58. The molecule has 0 aliphatic heterocycles. The topological polar surface area (TPSA) is 81.1 Å². The fraction of sp³-hybridized carbons (Fsp3) is 0.0556. The van der Waals surface area contributed by atoms with Gasteiger partial charge in [-0.05, 0) is 35.7 Å². The minimum atomic E-state index is -1.08.